The lowest BCUT2D eigenvalue weighted by molar-refractivity contribution is 1.54. The molecule has 0 nitrogen and oxygen atoms in total. The van der Waals surface area contributed by atoms with E-state index >= 15 is 0 Å². The molecule has 25 heavy (non-hydrogen) atoms. The van der Waals surface area contributed by atoms with Gasteiger partial charge in [0.15, 0.2) is 0 Å². The van der Waals surface area contributed by atoms with Crippen molar-refractivity contribution in [3.63, 3.8) is 0 Å². The van der Waals surface area contributed by atoms with Crippen LogP contribution < -0.4 is 0 Å². The maximum absolute atomic E-state index is 2.27. The molecule has 0 amide bonds. The largest absolute Gasteiger partial charge is 0.0871 e. The first-order valence-electron chi connectivity index (χ1n) is 8.37. The summed E-state index contributed by atoms with van der Waals surface area (Å²) in [4.78, 5) is 0. The zero-order chi connectivity index (χ0) is 16.8. The molecule has 0 N–H and O–H groups in total. The van der Waals surface area contributed by atoms with Gasteiger partial charge < -0.3 is 0 Å². The quantitative estimate of drug-likeness (QED) is 0.432. The molecule has 3 aromatic rings. The summed E-state index contributed by atoms with van der Waals surface area (Å²) in [5.41, 5.74) is 7.47. The summed E-state index contributed by atoms with van der Waals surface area (Å²) in [5, 5.41) is 0. The third kappa shape index (κ3) is 4.36. The van der Waals surface area contributed by atoms with Gasteiger partial charge in [0.1, 0.15) is 0 Å². The summed E-state index contributed by atoms with van der Waals surface area (Å²) >= 11 is 0. The molecule has 0 bridgehead atoms. The summed E-state index contributed by atoms with van der Waals surface area (Å²) in [5.74, 6) is 0. The highest BCUT2D eigenvalue weighted by atomic mass is 14.1. The van der Waals surface area contributed by atoms with Crippen LogP contribution in [0.3, 0.4) is 0 Å². The van der Waals surface area contributed by atoms with Gasteiger partial charge in [-0.25, -0.2) is 0 Å². The first-order valence-corrected chi connectivity index (χ1v) is 8.37. The third-order valence-electron chi connectivity index (χ3n) is 4.14. The summed E-state index contributed by atoms with van der Waals surface area (Å²) in [6.07, 6.45) is 6.42. The van der Waals surface area contributed by atoms with Crippen molar-refractivity contribution in [2.75, 3.05) is 0 Å². The van der Waals surface area contributed by atoms with E-state index in [2.05, 4.69) is 111 Å². The van der Waals surface area contributed by atoms with E-state index < -0.39 is 0 Å². The first-order chi connectivity index (χ1) is 11.8. The lowest BCUT2D eigenvalue weighted by atomic mass is 9.93. The minimum absolute atomic E-state index is 0. The predicted molar refractivity (Wildman–Crippen MR) is 113 cm³/mol. The highest BCUT2D eigenvalue weighted by Crippen LogP contribution is 2.31. The second-order valence-electron chi connectivity index (χ2n) is 5.78. The van der Waals surface area contributed by atoms with Gasteiger partial charge in [-0.1, -0.05) is 86.3 Å². The maximum atomic E-state index is 2.27. The smallest absolute Gasteiger partial charge is 0.0172 e. The summed E-state index contributed by atoms with van der Waals surface area (Å²) in [6.45, 7) is 4.15. The van der Waals surface area contributed by atoms with E-state index in [9.17, 15) is 0 Å². The molecule has 0 aromatic heterocycles. The molecule has 126 valence electrons. The minimum atomic E-state index is 0. The molecule has 0 unspecified atom stereocenters. The molecule has 0 aliphatic heterocycles. The Morgan fingerprint density at radius 1 is 0.640 bits per heavy atom. The molecule has 0 spiro atoms. The zero-order valence-corrected chi connectivity index (χ0v) is 14.2. The number of hydrogen-bond acceptors (Lipinski definition) is 0. The fourth-order valence-electron chi connectivity index (χ4n) is 2.93. The van der Waals surface area contributed by atoms with E-state index in [-0.39, 0.29) is 7.43 Å². The number of rotatable bonds is 4. The molecular formula is C25H26. The van der Waals surface area contributed by atoms with Crippen LogP contribution in [0.15, 0.2) is 97.1 Å². The average molecular weight is 326 g/mol. The fraction of sp³-hybridized carbons (Fsp3) is 0.120. The number of hydrogen-bond donors (Lipinski definition) is 0. The van der Waals surface area contributed by atoms with E-state index in [4.69, 9.17) is 0 Å². The van der Waals surface area contributed by atoms with Crippen LogP contribution >= 0.6 is 0 Å². The van der Waals surface area contributed by atoms with Crippen molar-refractivity contribution >= 4 is 5.57 Å². The van der Waals surface area contributed by atoms with Crippen LogP contribution in [0.4, 0.5) is 0 Å². The Kier molecular flexibility index (Phi) is 6.54. The van der Waals surface area contributed by atoms with Crippen molar-refractivity contribution in [2.24, 2.45) is 0 Å². The molecule has 0 aliphatic carbocycles. The minimum Gasteiger partial charge on any atom is -0.0871 e. The van der Waals surface area contributed by atoms with Crippen molar-refractivity contribution in [3.05, 3.63) is 103 Å². The standard InChI is InChI=1S/C24H22.CH4/c1-3-11-19(4-2)22-16-23(20-12-7-5-8-13-20)18-24(17-22)21-14-9-6-10-15-21;/h3-18H,1-2H3;1H4/b11-3-,19-4+;. The summed E-state index contributed by atoms with van der Waals surface area (Å²) in [6, 6.07) is 28.0. The summed E-state index contributed by atoms with van der Waals surface area (Å²) in [7, 11) is 0. The first kappa shape index (κ1) is 18.5. The van der Waals surface area contributed by atoms with Gasteiger partial charge in [-0.05, 0) is 65.4 Å². The molecule has 0 atom stereocenters. The Morgan fingerprint density at radius 3 is 1.52 bits per heavy atom. The van der Waals surface area contributed by atoms with Gasteiger partial charge in [-0.15, -0.1) is 0 Å². The van der Waals surface area contributed by atoms with Crippen LogP contribution in [0.1, 0.15) is 26.8 Å². The molecule has 0 radical (unpaired) electrons. The van der Waals surface area contributed by atoms with Gasteiger partial charge in [-0.2, -0.15) is 0 Å². The Balaban J connectivity index is 0.00000225. The zero-order valence-electron chi connectivity index (χ0n) is 14.2. The number of allylic oxidation sites excluding steroid dienone is 4. The van der Waals surface area contributed by atoms with Gasteiger partial charge >= 0.3 is 0 Å². The second-order valence-corrected chi connectivity index (χ2v) is 5.78. The molecule has 0 aliphatic rings. The third-order valence-corrected chi connectivity index (χ3v) is 4.14. The van der Waals surface area contributed by atoms with Crippen LogP contribution in [-0.4, -0.2) is 0 Å². The van der Waals surface area contributed by atoms with E-state index in [0.29, 0.717) is 0 Å². The average Bonchev–Trinajstić information content (AvgIpc) is 2.67. The highest BCUT2D eigenvalue weighted by molar-refractivity contribution is 5.82. The Morgan fingerprint density at radius 2 is 1.12 bits per heavy atom. The van der Waals surface area contributed by atoms with Gasteiger partial charge in [-0.3, -0.25) is 0 Å². The molecule has 0 saturated heterocycles. The molecule has 0 heteroatoms. The van der Waals surface area contributed by atoms with Crippen LogP contribution in [0.5, 0.6) is 0 Å². The molecular weight excluding hydrogens is 300 g/mol. The Bertz CT molecular complexity index is 795. The topological polar surface area (TPSA) is 0 Å². The van der Waals surface area contributed by atoms with Crippen LogP contribution in [-0.2, 0) is 0 Å². The molecule has 3 rings (SSSR count). The van der Waals surface area contributed by atoms with Crippen LogP contribution in [0.25, 0.3) is 27.8 Å². The normalized spacial score (nSPS) is 11.4. The van der Waals surface area contributed by atoms with Crippen LogP contribution in [0, 0.1) is 0 Å². The Labute approximate surface area is 152 Å². The van der Waals surface area contributed by atoms with Crippen molar-refractivity contribution in [3.8, 4) is 22.3 Å². The number of benzene rings is 3. The van der Waals surface area contributed by atoms with Crippen molar-refractivity contribution in [2.45, 2.75) is 21.3 Å². The van der Waals surface area contributed by atoms with E-state index in [1.165, 1.54) is 33.4 Å². The van der Waals surface area contributed by atoms with E-state index in [0.717, 1.165) is 0 Å². The molecule has 0 saturated carbocycles. The summed E-state index contributed by atoms with van der Waals surface area (Å²) < 4.78 is 0. The SMILES string of the molecule is C.C/C=C\C(=C/C)c1cc(-c2ccccc2)cc(-c2ccccc2)c1. The van der Waals surface area contributed by atoms with Crippen molar-refractivity contribution in [1.29, 1.82) is 0 Å². The lowest BCUT2D eigenvalue weighted by Gasteiger charge is -2.11. The van der Waals surface area contributed by atoms with Gasteiger partial charge in [0, 0.05) is 0 Å². The maximum Gasteiger partial charge on any atom is -0.0172 e. The van der Waals surface area contributed by atoms with Crippen molar-refractivity contribution in [1.82, 2.24) is 0 Å². The Hall–Kier alpha value is -2.86. The predicted octanol–water partition coefficient (Wildman–Crippen LogP) is 7.64. The van der Waals surface area contributed by atoms with E-state index in [1.807, 2.05) is 0 Å². The van der Waals surface area contributed by atoms with Crippen molar-refractivity contribution < 1.29 is 0 Å². The van der Waals surface area contributed by atoms with Gasteiger partial charge in [0.25, 0.3) is 0 Å². The van der Waals surface area contributed by atoms with Gasteiger partial charge in [0.2, 0.25) is 0 Å². The van der Waals surface area contributed by atoms with Gasteiger partial charge in [0.05, 0.1) is 0 Å². The molecule has 3 aromatic carbocycles. The lowest BCUT2D eigenvalue weighted by Crippen LogP contribution is -1.88. The molecule has 0 heterocycles. The highest BCUT2D eigenvalue weighted by Gasteiger charge is 2.07. The fourth-order valence-corrected chi connectivity index (χ4v) is 2.93. The second kappa shape index (κ2) is 8.84. The monoisotopic (exact) mass is 326 g/mol. The van der Waals surface area contributed by atoms with Crippen LogP contribution in [0.2, 0.25) is 0 Å². The van der Waals surface area contributed by atoms with E-state index in [1.54, 1.807) is 0 Å². The molecule has 0 fully saturated rings.